The third-order valence-corrected chi connectivity index (χ3v) is 2.86. The van der Waals surface area contributed by atoms with Crippen LogP contribution in [0.3, 0.4) is 0 Å². The van der Waals surface area contributed by atoms with Gasteiger partial charge in [0.05, 0.1) is 0 Å². The zero-order chi connectivity index (χ0) is 13.1. The van der Waals surface area contributed by atoms with Gasteiger partial charge in [0.25, 0.3) is 0 Å². The van der Waals surface area contributed by atoms with Crippen molar-refractivity contribution in [1.82, 2.24) is 4.98 Å². The molecule has 0 amide bonds. The normalized spacial score (nSPS) is 10.4. The van der Waals surface area contributed by atoms with Crippen LogP contribution in [-0.4, -0.2) is 10.8 Å². The van der Waals surface area contributed by atoms with Crippen LogP contribution in [0.1, 0.15) is 27.2 Å². The van der Waals surface area contributed by atoms with Gasteiger partial charge in [-0.05, 0) is 54.8 Å². The largest absolute Gasteiger partial charge is 0.292 e. The number of carbonyl (C=O) groups excluding carboxylic acids is 1. The van der Waals surface area contributed by atoms with Gasteiger partial charge < -0.3 is 0 Å². The number of aromatic nitrogens is 1. The Morgan fingerprint density at radius 1 is 1.22 bits per heavy atom. The molecule has 0 fully saturated rings. The van der Waals surface area contributed by atoms with Crippen LogP contribution in [0.25, 0.3) is 0 Å². The second-order valence-corrected chi connectivity index (χ2v) is 4.39. The second kappa shape index (κ2) is 5.08. The van der Waals surface area contributed by atoms with Crippen LogP contribution in [0.4, 0.5) is 4.39 Å². The summed E-state index contributed by atoms with van der Waals surface area (Å²) in [5.41, 5.74) is 3.09. The molecule has 2 aromatic rings. The number of hydrogen-bond acceptors (Lipinski definition) is 2. The fourth-order valence-corrected chi connectivity index (χ4v) is 1.81. The van der Waals surface area contributed by atoms with E-state index in [-0.39, 0.29) is 18.0 Å². The van der Waals surface area contributed by atoms with Crippen molar-refractivity contribution < 1.29 is 9.18 Å². The third kappa shape index (κ3) is 2.80. The van der Waals surface area contributed by atoms with Gasteiger partial charge in [-0.15, -0.1) is 0 Å². The van der Waals surface area contributed by atoms with Crippen molar-refractivity contribution in [3.63, 3.8) is 0 Å². The van der Waals surface area contributed by atoms with E-state index in [0.29, 0.717) is 5.69 Å². The molecule has 1 aromatic heterocycles. The molecule has 2 nitrogen and oxygen atoms in total. The highest BCUT2D eigenvalue weighted by Gasteiger charge is 2.10. The average molecular weight is 243 g/mol. The number of hydrogen-bond donors (Lipinski definition) is 0. The van der Waals surface area contributed by atoms with Gasteiger partial charge in [-0.2, -0.15) is 0 Å². The molecule has 0 atom stereocenters. The van der Waals surface area contributed by atoms with E-state index in [1.807, 2.05) is 13.0 Å². The summed E-state index contributed by atoms with van der Waals surface area (Å²) >= 11 is 0. The standard InChI is InChI=1S/C15H14FNO/c1-10-5-6-17-14(7-10)15(18)9-12-3-4-13(16)8-11(12)2/h3-8H,9H2,1-2H3. The molecule has 0 bridgehead atoms. The topological polar surface area (TPSA) is 30.0 Å². The highest BCUT2D eigenvalue weighted by atomic mass is 19.1. The predicted octanol–water partition coefficient (Wildman–Crippen LogP) is 3.26. The first-order chi connectivity index (χ1) is 8.56. The van der Waals surface area contributed by atoms with E-state index in [4.69, 9.17) is 0 Å². The zero-order valence-electron chi connectivity index (χ0n) is 10.4. The quantitative estimate of drug-likeness (QED) is 0.774. The Kier molecular flexibility index (Phi) is 3.51. The van der Waals surface area contributed by atoms with Crippen molar-refractivity contribution in [2.24, 2.45) is 0 Å². The molecular weight excluding hydrogens is 229 g/mol. The number of nitrogens with zero attached hydrogens (tertiary/aromatic N) is 1. The summed E-state index contributed by atoms with van der Waals surface area (Å²) in [7, 11) is 0. The van der Waals surface area contributed by atoms with Crippen LogP contribution in [-0.2, 0) is 6.42 Å². The maximum absolute atomic E-state index is 13.0. The summed E-state index contributed by atoms with van der Waals surface area (Å²) in [5.74, 6) is -0.328. The monoisotopic (exact) mass is 243 g/mol. The summed E-state index contributed by atoms with van der Waals surface area (Å²) in [5, 5.41) is 0. The SMILES string of the molecule is Cc1ccnc(C(=O)Cc2ccc(F)cc2C)c1. The Morgan fingerprint density at radius 2 is 2.00 bits per heavy atom. The molecule has 2 rings (SSSR count). The molecule has 92 valence electrons. The molecular formula is C15H14FNO. The predicted molar refractivity (Wildman–Crippen MR) is 68.1 cm³/mol. The summed E-state index contributed by atoms with van der Waals surface area (Å²) in [6.07, 6.45) is 1.88. The molecule has 18 heavy (non-hydrogen) atoms. The molecule has 0 aliphatic rings. The highest BCUT2D eigenvalue weighted by Crippen LogP contribution is 2.13. The molecule has 3 heteroatoms. The lowest BCUT2D eigenvalue weighted by Crippen LogP contribution is -2.07. The third-order valence-electron chi connectivity index (χ3n) is 2.86. The molecule has 0 N–H and O–H groups in total. The summed E-state index contributed by atoms with van der Waals surface area (Å²) < 4.78 is 13.0. The van der Waals surface area contributed by atoms with Gasteiger partial charge in [-0.3, -0.25) is 9.78 Å². The maximum Gasteiger partial charge on any atom is 0.185 e. The minimum atomic E-state index is -0.280. The highest BCUT2D eigenvalue weighted by molar-refractivity contribution is 5.96. The number of Topliss-reactive ketones (excluding diaryl/α,β-unsaturated/α-hetero) is 1. The lowest BCUT2D eigenvalue weighted by Gasteiger charge is -2.05. The van der Waals surface area contributed by atoms with E-state index in [9.17, 15) is 9.18 Å². The van der Waals surface area contributed by atoms with Crippen LogP contribution >= 0.6 is 0 Å². The van der Waals surface area contributed by atoms with Gasteiger partial charge in [0, 0.05) is 12.6 Å². The smallest absolute Gasteiger partial charge is 0.185 e. The fourth-order valence-electron chi connectivity index (χ4n) is 1.81. The first-order valence-corrected chi connectivity index (χ1v) is 5.77. The van der Waals surface area contributed by atoms with Crippen LogP contribution in [0.5, 0.6) is 0 Å². The molecule has 0 aliphatic heterocycles. The van der Waals surface area contributed by atoms with Gasteiger partial charge >= 0.3 is 0 Å². The van der Waals surface area contributed by atoms with E-state index in [1.54, 1.807) is 25.3 Å². The molecule has 1 aromatic carbocycles. The van der Waals surface area contributed by atoms with Crippen molar-refractivity contribution in [1.29, 1.82) is 0 Å². The Hall–Kier alpha value is -2.03. The van der Waals surface area contributed by atoms with Crippen LogP contribution < -0.4 is 0 Å². The molecule has 0 spiro atoms. The fraction of sp³-hybridized carbons (Fsp3) is 0.200. The van der Waals surface area contributed by atoms with Crippen molar-refractivity contribution in [2.45, 2.75) is 20.3 Å². The summed E-state index contributed by atoms with van der Waals surface area (Å²) in [6, 6.07) is 8.07. The molecule has 0 saturated carbocycles. The van der Waals surface area contributed by atoms with Crippen LogP contribution in [0.15, 0.2) is 36.5 Å². The Labute approximate surface area is 105 Å². The number of ketones is 1. The second-order valence-electron chi connectivity index (χ2n) is 4.39. The Balaban J connectivity index is 2.21. The lowest BCUT2D eigenvalue weighted by atomic mass is 10.0. The number of aryl methyl sites for hydroxylation is 2. The van der Waals surface area contributed by atoms with E-state index < -0.39 is 0 Å². The number of rotatable bonds is 3. The minimum absolute atomic E-state index is 0.0478. The average Bonchev–Trinajstić information content (AvgIpc) is 2.32. The molecule has 0 aliphatic carbocycles. The van der Waals surface area contributed by atoms with Crippen LogP contribution in [0.2, 0.25) is 0 Å². The van der Waals surface area contributed by atoms with E-state index in [1.165, 1.54) is 12.1 Å². The number of benzene rings is 1. The Morgan fingerprint density at radius 3 is 2.67 bits per heavy atom. The van der Waals surface area contributed by atoms with Crippen molar-refractivity contribution in [3.8, 4) is 0 Å². The van der Waals surface area contributed by atoms with Crippen LogP contribution in [0, 0.1) is 19.7 Å². The van der Waals surface area contributed by atoms with E-state index >= 15 is 0 Å². The summed E-state index contributed by atoms with van der Waals surface area (Å²) in [6.45, 7) is 3.72. The van der Waals surface area contributed by atoms with Crippen molar-refractivity contribution in [3.05, 3.63) is 64.7 Å². The molecule has 0 saturated heterocycles. The maximum atomic E-state index is 13.0. The molecule has 0 radical (unpaired) electrons. The van der Waals surface area contributed by atoms with Crippen molar-refractivity contribution >= 4 is 5.78 Å². The van der Waals surface area contributed by atoms with E-state index in [2.05, 4.69) is 4.98 Å². The Bertz CT molecular complexity index is 593. The van der Waals surface area contributed by atoms with Gasteiger partial charge in [0.2, 0.25) is 0 Å². The number of halogens is 1. The first-order valence-electron chi connectivity index (χ1n) is 5.77. The summed E-state index contributed by atoms with van der Waals surface area (Å²) in [4.78, 5) is 16.1. The first kappa shape index (κ1) is 12.4. The van der Waals surface area contributed by atoms with Gasteiger partial charge in [-0.25, -0.2) is 4.39 Å². The van der Waals surface area contributed by atoms with Gasteiger partial charge in [-0.1, -0.05) is 6.07 Å². The van der Waals surface area contributed by atoms with Crippen molar-refractivity contribution in [2.75, 3.05) is 0 Å². The number of carbonyl (C=O) groups is 1. The molecule has 1 heterocycles. The van der Waals surface area contributed by atoms with E-state index in [0.717, 1.165) is 16.7 Å². The van der Waals surface area contributed by atoms with Gasteiger partial charge in [0.1, 0.15) is 11.5 Å². The minimum Gasteiger partial charge on any atom is -0.292 e. The number of pyridine rings is 1. The van der Waals surface area contributed by atoms with Gasteiger partial charge in [0.15, 0.2) is 5.78 Å². The zero-order valence-corrected chi connectivity index (χ0v) is 10.4. The lowest BCUT2D eigenvalue weighted by molar-refractivity contribution is 0.0988. The molecule has 0 unspecified atom stereocenters.